The van der Waals surface area contributed by atoms with E-state index in [0.717, 1.165) is 11.6 Å². The molecule has 184 valence electrons. The average molecular weight is 505 g/mol. The van der Waals surface area contributed by atoms with Gasteiger partial charge in [0.15, 0.2) is 0 Å². The molecule has 3 aromatic rings. The number of carbonyl (C=O) groups excluding carboxylic acids is 2. The molecule has 1 heterocycles. The third-order valence-corrected chi connectivity index (χ3v) is 6.92. The number of Topliss-reactive ketones (excluding diaryl/α,β-unsaturated/α-hetero) is 1. The van der Waals surface area contributed by atoms with Crippen molar-refractivity contribution in [2.24, 2.45) is 0 Å². The first-order valence-corrected chi connectivity index (χ1v) is 12.4. The highest BCUT2D eigenvalue weighted by Crippen LogP contribution is 2.42. The van der Waals surface area contributed by atoms with Crippen LogP contribution in [0.4, 0.5) is 5.69 Å². The van der Waals surface area contributed by atoms with Crippen molar-refractivity contribution in [1.29, 1.82) is 0 Å². The molecule has 0 atom stereocenters. The van der Waals surface area contributed by atoms with Gasteiger partial charge in [0.25, 0.3) is 10.0 Å². The molecule has 0 amide bonds. The van der Waals surface area contributed by atoms with Gasteiger partial charge in [0.1, 0.15) is 17.3 Å². The molecule has 1 aliphatic heterocycles. The number of methoxy groups -OCH3 is 2. The Balaban J connectivity index is 2.00. The molecule has 0 saturated heterocycles. The van der Waals surface area contributed by atoms with E-state index in [9.17, 15) is 18.0 Å². The molecule has 0 bridgehead atoms. The molecule has 8 nitrogen and oxygen atoms in total. The lowest BCUT2D eigenvalue weighted by atomic mass is 10.0. The van der Waals surface area contributed by atoms with Gasteiger partial charge in [-0.3, -0.25) is 14.4 Å². The van der Waals surface area contributed by atoms with Crippen LogP contribution < -0.4 is 14.4 Å². The molecule has 0 aliphatic carbocycles. The fraction of sp³-hybridized carbons (Fsp3) is 0.111. The lowest BCUT2D eigenvalue weighted by molar-refractivity contribution is -0.135. The number of benzene rings is 3. The lowest BCUT2D eigenvalue weighted by Crippen LogP contribution is -2.33. The van der Waals surface area contributed by atoms with E-state index in [2.05, 4.69) is 4.72 Å². The first-order valence-electron chi connectivity index (χ1n) is 10.9. The minimum atomic E-state index is -4.13. The number of carbonyl (C=O) groups is 2. The van der Waals surface area contributed by atoms with Gasteiger partial charge < -0.3 is 9.47 Å². The van der Waals surface area contributed by atoms with Gasteiger partial charge in [-0.15, -0.1) is 0 Å². The van der Waals surface area contributed by atoms with Gasteiger partial charge in [-0.25, -0.2) is 13.2 Å². The van der Waals surface area contributed by atoms with Crippen molar-refractivity contribution < 1.29 is 27.5 Å². The van der Waals surface area contributed by atoms with Crippen molar-refractivity contribution in [2.45, 2.75) is 11.8 Å². The van der Waals surface area contributed by atoms with Crippen molar-refractivity contribution in [3.8, 4) is 5.75 Å². The van der Waals surface area contributed by atoms with Crippen molar-refractivity contribution >= 4 is 33.0 Å². The number of anilines is 1. The summed E-state index contributed by atoms with van der Waals surface area (Å²) in [6.07, 6.45) is 1.03. The van der Waals surface area contributed by atoms with Crippen LogP contribution in [0, 0.1) is 6.92 Å². The highest BCUT2D eigenvalue weighted by molar-refractivity contribution is 7.89. The van der Waals surface area contributed by atoms with E-state index in [1.165, 1.54) is 31.3 Å². The van der Waals surface area contributed by atoms with E-state index < -0.39 is 21.8 Å². The third-order valence-electron chi connectivity index (χ3n) is 5.57. The number of hydrogen-bond acceptors (Lipinski definition) is 7. The quantitative estimate of drug-likeness (QED) is 0.386. The van der Waals surface area contributed by atoms with Crippen LogP contribution in [0.1, 0.15) is 11.1 Å². The number of hydrogen-bond donors (Lipinski definition) is 1. The molecular weight excluding hydrogens is 480 g/mol. The van der Waals surface area contributed by atoms with Crippen molar-refractivity contribution in [3.05, 3.63) is 108 Å². The average Bonchev–Trinajstić information content (AvgIpc) is 3.14. The van der Waals surface area contributed by atoms with E-state index in [0.29, 0.717) is 17.0 Å². The number of para-hydroxylation sites is 2. The minimum absolute atomic E-state index is 0.0193. The van der Waals surface area contributed by atoms with Crippen LogP contribution in [0.3, 0.4) is 0 Å². The van der Waals surface area contributed by atoms with E-state index in [1.54, 1.807) is 66.7 Å². The van der Waals surface area contributed by atoms with Crippen LogP contribution in [-0.4, -0.2) is 34.4 Å². The Labute approximate surface area is 209 Å². The van der Waals surface area contributed by atoms with E-state index >= 15 is 0 Å². The van der Waals surface area contributed by atoms with Gasteiger partial charge in [0.2, 0.25) is 5.78 Å². The Hall–Kier alpha value is -4.37. The zero-order valence-electron chi connectivity index (χ0n) is 19.9. The van der Waals surface area contributed by atoms with Gasteiger partial charge in [0.05, 0.1) is 36.5 Å². The zero-order chi connectivity index (χ0) is 25.9. The van der Waals surface area contributed by atoms with Crippen LogP contribution in [0.2, 0.25) is 0 Å². The van der Waals surface area contributed by atoms with Crippen molar-refractivity contribution in [3.63, 3.8) is 0 Å². The SMILES string of the molecule is COC(=O)/C=C1\C(=O)C(c2ccccc2)=C(NS(=O)(=O)c2ccc(C)cc2)N1c1ccccc1OC. The predicted molar refractivity (Wildman–Crippen MR) is 135 cm³/mol. The number of esters is 1. The lowest BCUT2D eigenvalue weighted by Gasteiger charge is -2.25. The summed E-state index contributed by atoms with van der Waals surface area (Å²) in [5.41, 5.74) is 1.71. The number of rotatable bonds is 7. The smallest absolute Gasteiger partial charge is 0.332 e. The standard InChI is InChI=1S/C27H24N2O6S/c1-18-13-15-20(16-14-18)36(32,33)28-27-25(19-9-5-4-6-10-19)26(31)22(17-24(30)35-3)29(27)21-11-7-8-12-23(21)34-2/h4-17,28H,1-3H3/b22-17+. The molecule has 9 heteroatoms. The van der Waals surface area contributed by atoms with Gasteiger partial charge in [0, 0.05) is 0 Å². The maximum absolute atomic E-state index is 13.8. The molecule has 0 radical (unpaired) electrons. The molecule has 0 spiro atoms. The Morgan fingerprint density at radius 2 is 1.56 bits per heavy atom. The first kappa shape index (κ1) is 24.7. The maximum Gasteiger partial charge on any atom is 0.332 e. The number of sulfonamides is 1. The Morgan fingerprint density at radius 1 is 0.917 bits per heavy atom. The zero-order valence-corrected chi connectivity index (χ0v) is 20.7. The summed E-state index contributed by atoms with van der Waals surface area (Å²) in [4.78, 5) is 27.4. The molecule has 3 aromatic carbocycles. The number of ketones is 1. The van der Waals surface area contributed by atoms with E-state index in [-0.39, 0.29) is 22.0 Å². The maximum atomic E-state index is 13.8. The normalized spacial score (nSPS) is 14.8. The molecular formula is C27H24N2O6S. The summed E-state index contributed by atoms with van der Waals surface area (Å²) < 4.78 is 39.8. The Kier molecular flexibility index (Phi) is 6.93. The summed E-state index contributed by atoms with van der Waals surface area (Å²) in [6.45, 7) is 1.85. The molecule has 1 N–H and O–H groups in total. The van der Waals surface area contributed by atoms with Crippen LogP contribution >= 0.6 is 0 Å². The molecule has 1 aliphatic rings. The van der Waals surface area contributed by atoms with E-state index in [1.807, 2.05) is 6.92 Å². The molecule has 4 rings (SSSR count). The molecule has 0 saturated carbocycles. The Bertz CT molecular complexity index is 1480. The molecule has 0 aromatic heterocycles. The minimum Gasteiger partial charge on any atom is -0.495 e. The third kappa shape index (κ3) is 4.73. The topological polar surface area (TPSA) is 102 Å². The second kappa shape index (κ2) is 10.1. The molecule has 36 heavy (non-hydrogen) atoms. The van der Waals surface area contributed by atoms with Gasteiger partial charge >= 0.3 is 5.97 Å². The second-order valence-electron chi connectivity index (χ2n) is 7.90. The summed E-state index contributed by atoms with van der Waals surface area (Å²) >= 11 is 0. The number of ether oxygens (including phenoxy) is 2. The van der Waals surface area contributed by atoms with Crippen LogP contribution in [0.5, 0.6) is 5.75 Å². The fourth-order valence-electron chi connectivity index (χ4n) is 3.81. The van der Waals surface area contributed by atoms with Crippen molar-refractivity contribution in [1.82, 2.24) is 4.72 Å². The fourth-order valence-corrected chi connectivity index (χ4v) is 4.87. The van der Waals surface area contributed by atoms with E-state index in [4.69, 9.17) is 9.47 Å². The second-order valence-corrected chi connectivity index (χ2v) is 9.58. The van der Waals surface area contributed by atoms with Gasteiger partial charge in [-0.2, -0.15) is 0 Å². The number of aryl methyl sites for hydroxylation is 1. The molecule has 0 fully saturated rings. The highest BCUT2D eigenvalue weighted by Gasteiger charge is 2.40. The van der Waals surface area contributed by atoms with Gasteiger partial charge in [-0.05, 0) is 36.8 Å². The number of nitrogens with zero attached hydrogens (tertiary/aromatic N) is 1. The summed E-state index contributed by atoms with van der Waals surface area (Å²) in [7, 11) is -1.48. The first-order chi connectivity index (χ1) is 17.3. The van der Waals surface area contributed by atoms with Crippen molar-refractivity contribution in [2.75, 3.05) is 19.1 Å². The summed E-state index contributed by atoms with van der Waals surface area (Å²) in [6, 6.07) is 21.7. The Morgan fingerprint density at radius 3 is 2.19 bits per heavy atom. The monoisotopic (exact) mass is 504 g/mol. The largest absolute Gasteiger partial charge is 0.495 e. The van der Waals surface area contributed by atoms with Crippen LogP contribution in [-0.2, 0) is 24.3 Å². The molecule has 0 unspecified atom stereocenters. The summed E-state index contributed by atoms with van der Waals surface area (Å²) in [5.74, 6) is -0.999. The van der Waals surface area contributed by atoms with Crippen LogP contribution in [0.15, 0.2) is 101 Å². The number of nitrogens with one attached hydrogen (secondary N) is 1. The summed E-state index contributed by atoms with van der Waals surface area (Å²) in [5, 5.41) is 0. The number of allylic oxidation sites excluding steroid dienone is 1. The predicted octanol–water partition coefficient (Wildman–Crippen LogP) is 3.80. The van der Waals surface area contributed by atoms with Crippen LogP contribution in [0.25, 0.3) is 5.57 Å². The highest BCUT2D eigenvalue weighted by atomic mass is 32.2. The van der Waals surface area contributed by atoms with Gasteiger partial charge in [-0.1, -0.05) is 60.2 Å².